The maximum Gasteiger partial charge on any atom is 0.234 e. The van der Waals surface area contributed by atoms with Crippen LogP contribution in [0.15, 0.2) is 0 Å². The lowest BCUT2D eigenvalue weighted by Gasteiger charge is -2.19. The Balaban J connectivity index is 2.43. The number of carbonyl (C=O) groups excluding carboxylic acids is 1. The molecule has 1 fully saturated rings. The first kappa shape index (κ1) is 10.5. The summed E-state index contributed by atoms with van der Waals surface area (Å²) in [7, 11) is 0. The van der Waals surface area contributed by atoms with Gasteiger partial charge in [0.25, 0.3) is 0 Å². The molecule has 1 aliphatic rings. The van der Waals surface area contributed by atoms with Crippen molar-refractivity contribution < 1.29 is 9.90 Å². The molecule has 4 nitrogen and oxygen atoms in total. The van der Waals surface area contributed by atoms with Gasteiger partial charge in [0.15, 0.2) is 0 Å². The van der Waals surface area contributed by atoms with Gasteiger partial charge in [0.2, 0.25) is 5.91 Å². The third-order valence-corrected chi connectivity index (χ3v) is 2.18. The van der Waals surface area contributed by atoms with Gasteiger partial charge in [-0.3, -0.25) is 9.69 Å². The van der Waals surface area contributed by atoms with E-state index in [0.29, 0.717) is 13.1 Å². The Hall–Kier alpha value is -0.610. The third kappa shape index (κ3) is 3.74. The molecule has 0 aromatic carbocycles. The molecule has 1 heterocycles. The highest BCUT2D eigenvalue weighted by molar-refractivity contribution is 5.78. The number of hydrogen-bond donors (Lipinski definition) is 2. The number of β-amino-alcohol motifs (C(OH)–C–C–N with tert-alkyl or cyclic N) is 1. The van der Waals surface area contributed by atoms with Crippen LogP contribution in [0.1, 0.15) is 20.3 Å². The summed E-state index contributed by atoms with van der Waals surface area (Å²) >= 11 is 0. The number of carbonyl (C=O) groups is 1. The molecular weight excluding hydrogens is 168 g/mol. The molecule has 1 saturated heterocycles. The first-order valence-electron chi connectivity index (χ1n) is 4.77. The molecule has 1 amide bonds. The summed E-state index contributed by atoms with van der Waals surface area (Å²) in [5, 5.41) is 12.1. The lowest BCUT2D eigenvalue weighted by molar-refractivity contribution is -0.122. The van der Waals surface area contributed by atoms with Crippen molar-refractivity contribution in [3.63, 3.8) is 0 Å². The van der Waals surface area contributed by atoms with E-state index in [4.69, 9.17) is 0 Å². The Morgan fingerprint density at radius 3 is 3.08 bits per heavy atom. The maximum atomic E-state index is 11.3. The van der Waals surface area contributed by atoms with Gasteiger partial charge in [-0.25, -0.2) is 0 Å². The Kier molecular flexibility index (Phi) is 3.69. The van der Waals surface area contributed by atoms with Crippen molar-refractivity contribution in [1.82, 2.24) is 10.2 Å². The number of aliphatic hydroxyl groups excluding tert-OH is 1. The highest BCUT2D eigenvalue weighted by Crippen LogP contribution is 2.02. The van der Waals surface area contributed by atoms with E-state index in [1.165, 1.54) is 0 Å². The molecule has 1 rings (SSSR count). The first-order chi connectivity index (χ1) is 6.08. The molecule has 2 atom stereocenters. The standard InChI is InChI=1S/C9H18N2O2/c1-7-3-4-11(5-8(2)12)6-9(13)10-7/h7-8,12H,3-6H2,1-2H3,(H,10,13). The lowest BCUT2D eigenvalue weighted by Crippen LogP contribution is -2.37. The highest BCUT2D eigenvalue weighted by Gasteiger charge is 2.19. The van der Waals surface area contributed by atoms with Gasteiger partial charge in [-0.1, -0.05) is 0 Å². The molecule has 2 unspecified atom stereocenters. The van der Waals surface area contributed by atoms with Gasteiger partial charge in [-0.2, -0.15) is 0 Å². The highest BCUT2D eigenvalue weighted by atomic mass is 16.3. The summed E-state index contributed by atoms with van der Waals surface area (Å²) in [4.78, 5) is 13.2. The average Bonchev–Trinajstić information content (AvgIpc) is 2.11. The Labute approximate surface area is 78.9 Å². The molecule has 4 heteroatoms. The fourth-order valence-electron chi connectivity index (χ4n) is 1.58. The molecule has 1 aliphatic heterocycles. The fourth-order valence-corrected chi connectivity index (χ4v) is 1.58. The summed E-state index contributed by atoms with van der Waals surface area (Å²) in [5.74, 6) is 0.0608. The van der Waals surface area contributed by atoms with Crippen molar-refractivity contribution in [2.75, 3.05) is 19.6 Å². The summed E-state index contributed by atoms with van der Waals surface area (Å²) in [6.07, 6.45) is 0.597. The summed E-state index contributed by atoms with van der Waals surface area (Å²) in [6, 6.07) is 0.256. The van der Waals surface area contributed by atoms with Crippen LogP contribution in [0.2, 0.25) is 0 Å². The van der Waals surface area contributed by atoms with E-state index in [2.05, 4.69) is 5.32 Å². The van der Waals surface area contributed by atoms with E-state index in [0.717, 1.165) is 13.0 Å². The van der Waals surface area contributed by atoms with E-state index in [-0.39, 0.29) is 18.1 Å². The molecule has 0 aromatic heterocycles. The average molecular weight is 186 g/mol. The largest absolute Gasteiger partial charge is 0.392 e. The van der Waals surface area contributed by atoms with Crippen molar-refractivity contribution >= 4 is 5.91 Å². The number of amides is 1. The predicted molar refractivity (Wildman–Crippen MR) is 50.3 cm³/mol. The lowest BCUT2D eigenvalue weighted by atomic mass is 10.2. The van der Waals surface area contributed by atoms with Gasteiger partial charge < -0.3 is 10.4 Å². The van der Waals surface area contributed by atoms with Crippen molar-refractivity contribution in [3.8, 4) is 0 Å². The molecule has 0 aliphatic carbocycles. The normalized spacial score (nSPS) is 27.9. The minimum Gasteiger partial charge on any atom is -0.392 e. The molecular formula is C9H18N2O2. The van der Waals surface area contributed by atoms with E-state index >= 15 is 0 Å². The van der Waals surface area contributed by atoms with Gasteiger partial charge in [0.05, 0.1) is 12.6 Å². The number of rotatable bonds is 2. The third-order valence-electron chi connectivity index (χ3n) is 2.18. The maximum absolute atomic E-state index is 11.3. The summed E-state index contributed by atoms with van der Waals surface area (Å²) in [6.45, 7) is 5.62. The number of nitrogens with zero attached hydrogens (tertiary/aromatic N) is 1. The molecule has 0 spiro atoms. The van der Waals surface area contributed by atoms with Crippen LogP contribution in [0, 0.1) is 0 Å². The fraction of sp³-hybridized carbons (Fsp3) is 0.889. The zero-order valence-electron chi connectivity index (χ0n) is 8.29. The molecule has 0 aromatic rings. The van der Waals surface area contributed by atoms with Crippen LogP contribution in [-0.2, 0) is 4.79 Å². The second kappa shape index (κ2) is 4.58. The molecule has 0 radical (unpaired) electrons. The van der Waals surface area contributed by atoms with Crippen molar-refractivity contribution in [1.29, 1.82) is 0 Å². The molecule has 0 saturated carbocycles. The Bertz CT molecular complexity index is 182. The van der Waals surface area contributed by atoms with Crippen molar-refractivity contribution in [2.24, 2.45) is 0 Å². The van der Waals surface area contributed by atoms with Gasteiger partial charge in [-0.05, 0) is 20.3 Å². The summed E-state index contributed by atoms with van der Waals surface area (Å²) in [5.41, 5.74) is 0. The summed E-state index contributed by atoms with van der Waals surface area (Å²) < 4.78 is 0. The quantitative estimate of drug-likeness (QED) is 0.615. The van der Waals surface area contributed by atoms with Crippen LogP contribution in [0.25, 0.3) is 0 Å². The molecule has 2 N–H and O–H groups in total. The van der Waals surface area contributed by atoms with E-state index in [1.807, 2.05) is 11.8 Å². The van der Waals surface area contributed by atoms with Crippen LogP contribution in [0.5, 0.6) is 0 Å². The van der Waals surface area contributed by atoms with Crippen molar-refractivity contribution in [2.45, 2.75) is 32.4 Å². The SMILES string of the molecule is CC(O)CN1CCC(C)NC(=O)C1. The predicted octanol–water partition coefficient (Wildman–Crippen LogP) is -0.422. The van der Waals surface area contributed by atoms with E-state index in [9.17, 15) is 9.90 Å². The van der Waals surface area contributed by atoms with Gasteiger partial charge >= 0.3 is 0 Å². The van der Waals surface area contributed by atoms with Crippen molar-refractivity contribution in [3.05, 3.63) is 0 Å². The Morgan fingerprint density at radius 1 is 1.77 bits per heavy atom. The monoisotopic (exact) mass is 186 g/mol. The van der Waals surface area contributed by atoms with Gasteiger partial charge in [-0.15, -0.1) is 0 Å². The number of nitrogens with one attached hydrogen (secondary N) is 1. The second-order valence-electron chi connectivity index (χ2n) is 3.84. The minimum absolute atomic E-state index is 0.0608. The molecule has 76 valence electrons. The van der Waals surface area contributed by atoms with Crippen LogP contribution in [0.3, 0.4) is 0 Å². The van der Waals surface area contributed by atoms with Crippen LogP contribution in [0.4, 0.5) is 0 Å². The molecule has 0 bridgehead atoms. The van der Waals surface area contributed by atoms with Gasteiger partial charge in [0, 0.05) is 19.1 Å². The zero-order valence-corrected chi connectivity index (χ0v) is 8.29. The van der Waals surface area contributed by atoms with E-state index in [1.54, 1.807) is 6.92 Å². The minimum atomic E-state index is -0.360. The van der Waals surface area contributed by atoms with Gasteiger partial charge in [0.1, 0.15) is 0 Å². The number of hydrogen-bond acceptors (Lipinski definition) is 3. The first-order valence-corrected chi connectivity index (χ1v) is 4.77. The topological polar surface area (TPSA) is 52.6 Å². The van der Waals surface area contributed by atoms with Crippen LogP contribution >= 0.6 is 0 Å². The smallest absolute Gasteiger partial charge is 0.234 e. The van der Waals surface area contributed by atoms with E-state index < -0.39 is 0 Å². The number of aliphatic hydroxyl groups is 1. The van der Waals surface area contributed by atoms with Crippen LogP contribution < -0.4 is 5.32 Å². The molecule has 13 heavy (non-hydrogen) atoms. The van der Waals surface area contributed by atoms with Crippen LogP contribution in [-0.4, -0.2) is 47.7 Å². The Morgan fingerprint density at radius 2 is 2.46 bits per heavy atom. The zero-order chi connectivity index (χ0) is 9.84. The second-order valence-corrected chi connectivity index (χ2v) is 3.84.